The zero-order valence-corrected chi connectivity index (χ0v) is 7.77. The highest BCUT2D eigenvalue weighted by Crippen LogP contribution is 2.38. The Morgan fingerprint density at radius 1 is 1.42 bits per heavy atom. The van der Waals surface area contributed by atoms with Crippen LogP contribution in [-0.4, -0.2) is 11.9 Å². The molecule has 2 heteroatoms. The lowest BCUT2D eigenvalue weighted by atomic mass is 9.97. The Morgan fingerprint density at radius 2 is 2.17 bits per heavy atom. The fraction of sp³-hybridized carbons (Fsp3) is 0.400. The van der Waals surface area contributed by atoms with E-state index < -0.39 is 6.17 Å². The van der Waals surface area contributed by atoms with Crippen molar-refractivity contribution >= 4 is 11.8 Å². The normalized spacial score (nSPS) is 28.2. The van der Waals surface area contributed by atoms with Crippen LogP contribution in [0, 0.1) is 0 Å². The van der Waals surface area contributed by atoms with Gasteiger partial charge in [-0.05, 0) is 11.6 Å². The molecule has 1 aliphatic heterocycles. The predicted molar refractivity (Wildman–Crippen MR) is 50.5 cm³/mol. The van der Waals surface area contributed by atoms with Crippen LogP contribution in [0.15, 0.2) is 29.2 Å². The molecule has 0 saturated heterocycles. The maximum atomic E-state index is 13.2. The van der Waals surface area contributed by atoms with E-state index in [0.717, 1.165) is 0 Å². The second-order valence-corrected chi connectivity index (χ2v) is 4.22. The Bertz CT molecular complexity index is 285. The third-order valence-corrected chi connectivity index (χ3v) is 3.52. The summed E-state index contributed by atoms with van der Waals surface area (Å²) in [4.78, 5) is 1.25. The first-order valence-electron chi connectivity index (χ1n) is 4.15. The van der Waals surface area contributed by atoms with Crippen LogP contribution in [0.4, 0.5) is 4.39 Å². The van der Waals surface area contributed by atoms with E-state index in [-0.39, 0.29) is 5.92 Å². The van der Waals surface area contributed by atoms with Crippen molar-refractivity contribution in [1.29, 1.82) is 0 Å². The van der Waals surface area contributed by atoms with Crippen molar-refractivity contribution in [2.75, 3.05) is 5.75 Å². The summed E-state index contributed by atoms with van der Waals surface area (Å²) in [5.41, 5.74) is 1.17. The highest BCUT2D eigenvalue weighted by Gasteiger charge is 2.25. The summed E-state index contributed by atoms with van der Waals surface area (Å²) in [6, 6.07) is 8.09. The van der Waals surface area contributed by atoms with Crippen molar-refractivity contribution in [2.24, 2.45) is 0 Å². The molecule has 0 bridgehead atoms. The molecule has 0 aliphatic carbocycles. The first-order chi connectivity index (χ1) is 5.79. The number of alkyl halides is 1. The summed E-state index contributed by atoms with van der Waals surface area (Å²) >= 11 is 1.63. The largest absolute Gasteiger partial charge is 0.246 e. The lowest BCUT2D eigenvalue weighted by Crippen LogP contribution is -2.18. The minimum Gasteiger partial charge on any atom is -0.246 e. The van der Waals surface area contributed by atoms with Crippen molar-refractivity contribution in [3.8, 4) is 0 Å². The number of thioether (sulfide) groups is 1. The van der Waals surface area contributed by atoms with Crippen LogP contribution in [0.3, 0.4) is 0 Å². The molecule has 12 heavy (non-hydrogen) atoms. The number of benzene rings is 1. The standard InChI is InChI=1S/C10H11FS/c1-7-8-4-2-3-5-10(8)12-6-9(7)11/h2-5,7,9H,6H2,1H3. The molecule has 0 saturated carbocycles. The van der Waals surface area contributed by atoms with E-state index in [1.807, 2.05) is 25.1 Å². The first-order valence-corrected chi connectivity index (χ1v) is 5.13. The van der Waals surface area contributed by atoms with Gasteiger partial charge in [0.1, 0.15) is 6.17 Å². The maximum absolute atomic E-state index is 13.2. The molecule has 0 aromatic heterocycles. The topological polar surface area (TPSA) is 0 Å². The van der Waals surface area contributed by atoms with Gasteiger partial charge in [0, 0.05) is 16.6 Å². The summed E-state index contributed by atoms with van der Waals surface area (Å²) in [6.07, 6.45) is -0.676. The van der Waals surface area contributed by atoms with Gasteiger partial charge >= 0.3 is 0 Å². The molecule has 2 rings (SSSR count). The molecule has 0 fully saturated rings. The first kappa shape index (κ1) is 8.11. The van der Waals surface area contributed by atoms with Crippen LogP contribution in [-0.2, 0) is 0 Å². The van der Waals surface area contributed by atoms with E-state index in [4.69, 9.17) is 0 Å². The third-order valence-electron chi connectivity index (χ3n) is 2.35. The second kappa shape index (κ2) is 3.09. The Hall–Kier alpha value is -0.500. The van der Waals surface area contributed by atoms with Crippen LogP contribution < -0.4 is 0 Å². The Kier molecular flexibility index (Phi) is 2.09. The van der Waals surface area contributed by atoms with Crippen LogP contribution in [0.2, 0.25) is 0 Å². The fourth-order valence-electron chi connectivity index (χ4n) is 1.50. The van der Waals surface area contributed by atoms with Crippen LogP contribution >= 0.6 is 11.8 Å². The minimum atomic E-state index is -0.676. The molecule has 0 N–H and O–H groups in total. The van der Waals surface area contributed by atoms with Crippen molar-refractivity contribution in [3.05, 3.63) is 29.8 Å². The van der Waals surface area contributed by atoms with Gasteiger partial charge in [0.05, 0.1) is 0 Å². The summed E-state index contributed by atoms with van der Waals surface area (Å²) in [7, 11) is 0. The quantitative estimate of drug-likeness (QED) is 0.593. The van der Waals surface area contributed by atoms with E-state index in [1.165, 1.54) is 10.5 Å². The molecule has 2 atom stereocenters. The summed E-state index contributed by atoms with van der Waals surface area (Å²) < 4.78 is 13.2. The SMILES string of the molecule is CC1c2ccccc2SCC1F. The molecule has 0 spiro atoms. The molecule has 1 aliphatic rings. The molecule has 64 valence electrons. The monoisotopic (exact) mass is 182 g/mol. The fourth-order valence-corrected chi connectivity index (χ4v) is 2.72. The Morgan fingerprint density at radius 3 is 3.00 bits per heavy atom. The van der Waals surface area contributed by atoms with E-state index >= 15 is 0 Å². The smallest absolute Gasteiger partial charge is 0.116 e. The van der Waals surface area contributed by atoms with Crippen molar-refractivity contribution < 1.29 is 4.39 Å². The third kappa shape index (κ3) is 1.24. The summed E-state index contributed by atoms with van der Waals surface area (Å²) in [5, 5.41) is 0. The van der Waals surface area contributed by atoms with E-state index in [9.17, 15) is 4.39 Å². The Balaban J connectivity index is 2.42. The molecular formula is C10H11FS. The lowest BCUT2D eigenvalue weighted by Gasteiger charge is -2.24. The highest BCUT2D eigenvalue weighted by atomic mass is 32.2. The van der Waals surface area contributed by atoms with Gasteiger partial charge in [0.15, 0.2) is 0 Å². The van der Waals surface area contributed by atoms with Gasteiger partial charge in [-0.2, -0.15) is 0 Å². The van der Waals surface area contributed by atoms with Gasteiger partial charge in [-0.15, -0.1) is 11.8 Å². The van der Waals surface area contributed by atoms with Crippen molar-refractivity contribution in [3.63, 3.8) is 0 Å². The van der Waals surface area contributed by atoms with Crippen molar-refractivity contribution in [2.45, 2.75) is 23.9 Å². The average Bonchev–Trinajstić information content (AvgIpc) is 2.12. The number of hydrogen-bond acceptors (Lipinski definition) is 1. The van der Waals surface area contributed by atoms with Crippen LogP contribution in [0.5, 0.6) is 0 Å². The Labute approximate surface area is 76.2 Å². The van der Waals surface area contributed by atoms with E-state index in [1.54, 1.807) is 11.8 Å². The molecule has 1 aromatic rings. The molecule has 0 radical (unpaired) electrons. The summed E-state index contributed by atoms with van der Waals surface area (Å²) in [5.74, 6) is 0.681. The molecule has 2 unspecified atom stereocenters. The van der Waals surface area contributed by atoms with Gasteiger partial charge in [-0.25, -0.2) is 4.39 Å². The van der Waals surface area contributed by atoms with E-state index in [0.29, 0.717) is 5.75 Å². The van der Waals surface area contributed by atoms with E-state index in [2.05, 4.69) is 6.07 Å². The molecule has 1 heterocycles. The number of fused-ring (bicyclic) bond motifs is 1. The van der Waals surface area contributed by atoms with Crippen LogP contribution in [0.1, 0.15) is 18.4 Å². The van der Waals surface area contributed by atoms with Crippen LogP contribution in [0.25, 0.3) is 0 Å². The van der Waals surface area contributed by atoms with Crippen molar-refractivity contribution in [1.82, 2.24) is 0 Å². The predicted octanol–water partition coefficient (Wildman–Crippen LogP) is 3.23. The molecule has 0 amide bonds. The second-order valence-electron chi connectivity index (χ2n) is 3.15. The molecular weight excluding hydrogens is 171 g/mol. The average molecular weight is 182 g/mol. The number of hydrogen-bond donors (Lipinski definition) is 0. The lowest BCUT2D eigenvalue weighted by molar-refractivity contribution is 0.317. The number of halogens is 1. The van der Waals surface area contributed by atoms with Gasteiger partial charge in [0.25, 0.3) is 0 Å². The number of rotatable bonds is 0. The van der Waals surface area contributed by atoms with Gasteiger partial charge < -0.3 is 0 Å². The highest BCUT2D eigenvalue weighted by molar-refractivity contribution is 7.99. The summed E-state index contributed by atoms with van der Waals surface area (Å²) in [6.45, 7) is 1.96. The molecule has 0 nitrogen and oxygen atoms in total. The zero-order valence-electron chi connectivity index (χ0n) is 6.96. The van der Waals surface area contributed by atoms with Gasteiger partial charge in [-0.3, -0.25) is 0 Å². The zero-order chi connectivity index (χ0) is 8.55. The van der Waals surface area contributed by atoms with Gasteiger partial charge in [-0.1, -0.05) is 25.1 Å². The minimum absolute atomic E-state index is 0.0717. The van der Waals surface area contributed by atoms with Gasteiger partial charge in [0.2, 0.25) is 0 Å². The molecule has 1 aromatic carbocycles. The maximum Gasteiger partial charge on any atom is 0.116 e.